The third-order valence-electron chi connectivity index (χ3n) is 31.7. The molecule has 0 aromatic heterocycles. The number of piperidine rings is 5. The van der Waals surface area contributed by atoms with Gasteiger partial charge in [0.1, 0.15) is 0 Å². The number of hydrogen-bond donors (Lipinski definition) is 0. The smallest absolute Gasteiger partial charge is 0.0130 e. The molecule has 14 unspecified atom stereocenters. The molecule has 19 fully saturated rings. The van der Waals surface area contributed by atoms with Crippen molar-refractivity contribution >= 4 is 0 Å². The average molecular weight is 1420 g/mol. The van der Waals surface area contributed by atoms with Gasteiger partial charge in [0.2, 0.25) is 0 Å². The molecular formula is C95H179N7. The highest BCUT2D eigenvalue weighted by Crippen LogP contribution is 2.77. The van der Waals surface area contributed by atoms with Crippen LogP contribution in [0.25, 0.3) is 0 Å². The van der Waals surface area contributed by atoms with Crippen LogP contribution in [0.5, 0.6) is 0 Å². The van der Waals surface area contributed by atoms with Gasteiger partial charge in [-0.05, 0) is 434 Å². The van der Waals surface area contributed by atoms with Crippen LogP contribution in [0.3, 0.4) is 0 Å². The predicted molar refractivity (Wildman–Crippen MR) is 444 cm³/mol. The van der Waals surface area contributed by atoms with E-state index in [4.69, 9.17) is 0 Å². The lowest BCUT2D eigenvalue weighted by Crippen LogP contribution is -2.63. The molecule has 19 aliphatic rings. The van der Waals surface area contributed by atoms with Crippen molar-refractivity contribution in [2.75, 3.05) is 52.4 Å². The Morgan fingerprint density at radius 3 is 1.03 bits per heavy atom. The Hall–Kier alpha value is -0.280. The number of fused-ring (bicyclic) bond motifs is 18. The molecular weight excluding hydrogens is 1240 g/mol. The fourth-order valence-corrected chi connectivity index (χ4v) is 26.4. The van der Waals surface area contributed by atoms with Crippen molar-refractivity contribution in [3.05, 3.63) is 0 Å². The summed E-state index contributed by atoms with van der Waals surface area (Å²) < 4.78 is 0. The molecule has 10 saturated heterocycles. The number of rotatable bonds is 0. The molecule has 19 rings (SSSR count). The molecule has 10 heterocycles. The number of likely N-dealkylation sites (tertiary alicyclic amines) is 4. The van der Waals surface area contributed by atoms with Gasteiger partial charge in [0.25, 0.3) is 0 Å². The van der Waals surface area contributed by atoms with Gasteiger partial charge in [-0.15, -0.1) is 0 Å². The lowest BCUT2D eigenvalue weighted by Gasteiger charge is -2.70. The molecule has 14 atom stereocenters. The minimum atomic E-state index is 0.386. The first kappa shape index (κ1) is 84.2. The van der Waals surface area contributed by atoms with Gasteiger partial charge < -0.3 is 0 Å². The van der Waals surface area contributed by atoms with E-state index in [-0.39, 0.29) is 0 Å². The summed E-state index contributed by atoms with van der Waals surface area (Å²) in [6.45, 7) is 67.8. The molecule has 7 heteroatoms. The van der Waals surface area contributed by atoms with Crippen LogP contribution in [-0.4, -0.2) is 162 Å². The summed E-state index contributed by atoms with van der Waals surface area (Å²) in [5.74, 6) is 11.6. The second kappa shape index (κ2) is 34.4. The normalized spacial score (nSPS) is 38.6. The van der Waals surface area contributed by atoms with E-state index in [9.17, 15) is 0 Å². The van der Waals surface area contributed by atoms with Gasteiger partial charge in [0.15, 0.2) is 0 Å². The Kier molecular flexibility index (Phi) is 28.4. The minimum Gasteiger partial charge on any atom is -0.298 e. The first-order valence-corrected chi connectivity index (χ1v) is 45.9. The van der Waals surface area contributed by atoms with Crippen LogP contribution >= 0.6 is 0 Å². The van der Waals surface area contributed by atoms with Gasteiger partial charge >= 0.3 is 0 Å². The molecule has 10 aliphatic heterocycles. The third-order valence-corrected chi connectivity index (χ3v) is 31.7. The van der Waals surface area contributed by atoms with E-state index in [0.717, 1.165) is 107 Å². The topological polar surface area (TPSA) is 22.7 Å². The Balaban J connectivity index is 0.000000126. The van der Waals surface area contributed by atoms with Gasteiger partial charge in [-0.3, -0.25) is 34.3 Å². The standard InChI is InChI=1S/2C13H25N.C13H22.2C12H23N.2C11H21N.C10H19N/c1-13(2,3)14-8-7-11-5-4-6-12(9-11)10-14;1-13(2,3)14-9-11-5-4-6-12(10-14)8-7-11;1-12(2,3)11-9-5-4-7-13(9)8-6-10(11)13;1-12(2,3)13-9-8-10-4-6-11(13)7-5-10;1-12(2,3)13-8-7-10-5-4-6-11(13)9-10;1-11(2,3)12-8-9-4-6-10(12)7-5-9;1-11(2,3)12-9-5-4-6-10(12)8-7-9;1-10(2,3)11-7-8-4-5-9(11)6-8/h2*11-12H,4-10H2,1-3H3;9-11H,4-8H2,1-3H3;2*10-11H,4-9H2,1-3H3;2*9-10H,4-8H2,1-3H3;8-9H,4-7H2,1-3H3. The summed E-state index contributed by atoms with van der Waals surface area (Å²) in [5.41, 5.74) is 4.28. The zero-order valence-electron chi connectivity index (χ0n) is 73.3. The van der Waals surface area contributed by atoms with Crippen LogP contribution in [0.15, 0.2) is 0 Å². The van der Waals surface area contributed by atoms with E-state index in [2.05, 4.69) is 200 Å². The molecule has 594 valence electrons. The Morgan fingerprint density at radius 1 is 0.225 bits per heavy atom. The van der Waals surface area contributed by atoms with Crippen LogP contribution < -0.4 is 0 Å². The zero-order chi connectivity index (χ0) is 74.2. The van der Waals surface area contributed by atoms with Gasteiger partial charge in [0.05, 0.1) is 0 Å². The monoisotopic (exact) mass is 1420 g/mol. The van der Waals surface area contributed by atoms with Crippen molar-refractivity contribution in [3.8, 4) is 0 Å². The van der Waals surface area contributed by atoms with E-state index >= 15 is 0 Å². The van der Waals surface area contributed by atoms with Crippen molar-refractivity contribution < 1.29 is 0 Å². The molecule has 0 N–H and O–H groups in total. The highest BCUT2D eigenvalue weighted by atomic mass is 15.3. The fraction of sp³-hybridized carbons (Fsp3) is 1.00. The summed E-state index contributed by atoms with van der Waals surface area (Å²) in [6, 6.07) is 5.49. The minimum absolute atomic E-state index is 0.386. The molecule has 0 amide bonds. The van der Waals surface area contributed by atoms with E-state index in [1.165, 1.54) is 264 Å². The molecule has 7 nitrogen and oxygen atoms in total. The second-order valence-electron chi connectivity index (χ2n) is 47.1. The fourth-order valence-electron chi connectivity index (χ4n) is 26.4. The molecule has 0 aromatic carbocycles. The maximum atomic E-state index is 2.77. The summed E-state index contributed by atoms with van der Waals surface area (Å²) in [4.78, 5) is 19.1. The molecule has 0 aromatic rings. The van der Waals surface area contributed by atoms with Crippen molar-refractivity contribution in [1.29, 1.82) is 0 Å². The Morgan fingerprint density at radius 2 is 0.578 bits per heavy atom. The first-order chi connectivity index (χ1) is 47.5. The second-order valence-corrected chi connectivity index (χ2v) is 47.1. The Bertz CT molecular complexity index is 2430. The van der Waals surface area contributed by atoms with Crippen molar-refractivity contribution in [3.63, 3.8) is 0 Å². The Labute approximate surface area is 637 Å². The summed E-state index contributed by atoms with van der Waals surface area (Å²) >= 11 is 0. The van der Waals surface area contributed by atoms with Crippen molar-refractivity contribution in [2.24, 2.45) is 75.9 Å². The molecule has 102 heavy (non-hydrogen) atoms. The number of nitrogens with zero attached hydrogens (tertiary/aromatic N) is 7. The third kappa shape index (κ3) is 21.9. The quantitative estimate of drug-likeness (QED) is 0.238. The summed E-state index contributed by atoms with van der Waals surface area (Å²) in [7, 11) is 0. The maximum Gasteiger partial charge on any atom is 0.0130 e. The molecule has 1 spiro atoms. The highest BCUT2D eigenvalue weighted by molar-refractivity contribution is 5.18. The van der Waals surface area contributed by atoms with Crippen LogP contribution in [0.4, 0.5) is 0 Å². The largest absolute Gasteiger partial charge is 0.298 e. The predicted octanol–water partition coefficient (Wildman–Crippen LogP) is 24.3. The van der Waals surface area contributed by atoms with Gasteiger partial charge in [0, 0.05) is 108 Å². The van der Waals surface area contributed by atoms with Crippen LogP contribution in [-0.2, 0) is 0 Å². The molecule has 9 aliphatic carbocycles. The average Bonchev–Trinajstić information content (AvgIpc) is 1.30. The first-order valence-electron chi connectivity index (χ1n) is 45.9. The molecule has 14 bridgehead atoms. The van der Waals surface area contributed by atoms with Crippen LogP contribution in [0.1, 0.15) is 404 Å². The highest BCUT2D eigenvalue weighted by Gasteiger charge is 2.69. The van der Waals surface area contributed by atoms with Gasteiger partial charge in [-0.1, -0.05) is 65.7 Å². The number of hydrogen-bond acceptors (Lipinski definition) is 7. The van der Waals surface area contributed by atoms with Crippen molar-refractivity contribution in [1.82, 2.24) is 34.3 Å². The van der Waals surface area contributed by atoms with Crippen LogP contribution in [0.2, 0.25) is 0 Å². The summed E-state index contributed by atoms with van der Waals surface area (Å²) in [5, 5.41) is 0. The lowest BCUT2D eigenvalue weighted by atomic mass is 9.35. The zero-order valence-corrected chi connectivity index (χ0v) is 73.3. The lowest BCUT2D eigenvalue weighted by molar-refractivity contribution is -0.217. The van der Waals surface area contributed by atoms with Crippen molar-refractivity contribution in [2.45, 2.75) is 479 Å². The van der Waals surface area contributed by atoms with E-state index in [0.29, 0.717) is 44.2 Å². The van der Waals surface area contributed by atoms with E-state index in [1.54, 1.807) is 25.7 Å². The SMILES string of the molecule is CC(C)(C)C1C2CCCC23CCC13.CC(C)(C)N1C2CCCC1CC2.CC(C)(C)N1CC2CCC1C2.CC(C)(C)N1CC2CCC1CC2.CC(C)(C)N1CC2CCCC(CC2)C1.CC(C)(C)N1CCC2CCC1CC2.CC(C)(C)N1CCC2CCCC(C2)C1.CC(C)(C)N1CCC2CCCC1C2. The molecule has 9 saturated carbocycles. The van der Waals surface area contributed by atoms with Gasteiger partial charge in [-0.25, -0.2) is 0 Å². The van der Waals surface area contributed by atoms with E-state index < -0.39 is 0 Å². The van der Waals surface area contributed by atoms with Gasteiger partial charge in [-0.2, -0.15) is 0 Å². The van der Waals surface area contributed by atoms with E-state index in [1.807, 2.05) is 0 Å². The maximum absolute atomic E-state index is 2.77. The molecule has 0 radical (unpaired) electrons. The van der Waals surface area contributed by atoms with Crippen LogP contribution in [0, 0.1) is 75.9 Å². The summed E-state index contributed by atoms with van der Waals surface area (Å²) in [6.07, 6.45) is 55.1.